The third kappa shape index (κ3) is 4.85. The SMILES string of the molecule is Cc1ccc(OCCN(CCC#N)c2ccccc2)cc1. The Morgan fingerprint density at radius 2 is 1.71 bits per heavy atom. The molecule has 2 aromatic carbocycles. The molecule has 2 aromatic rings. The van der Waals surface area contributed by atoms with Gasteiger partial charge in [0.25, 0.3) is 0 Å². The van der Waals surface area contributed by atoms with Crippen LogP contribution < -0.4 is 9.64 Å². The standard InChI is InChI=1S/C18H20N2O/c1-16-8-10-18(11-9-16)21-15-14-20(13-5-12-19)17-6-3-2-4-7-17/h2-4,6-11H,5,13-15H2,1H3. The van der Waals surface area contributed by atoms with Crippen molar-refractivity contribution < 1.29 is 4.74 Å². The Bertz CT molecular complexity index is 572. The molecule has 2 rings (SSSR count). The van der Waals surface area contributed by atoms with E-state index in [1.807, 2.05) is 42.5 Å². The smallest absolute Gasteiger partial charge is 0.119 e. The lowest BCUT2D eigenvalue weighted by molar-refractivity contribution is 0.324. The highest BCUT2D eigenvalue weighted by Crippen LogP contribution is 2.15. The van der Waals surface area contributed by atoms with Crippen LogP contribution in [0.25, 0.3) is 0 Å². The van der Waals surface area contributed by atoms with Gasteiger partial charge in [0.2, 0.25) is 0 Å². The molecule has 0 saturated heterocycles. The predicted octanol–water partition coefficient (Wildman–Crippen LogP) is 3.79. The maximum atomic E-state index is 8.78. The van der Waals surface area contributed by atoms with E-state index in [0.717, 1.165) is 24.5 Å². The van der Waals surface area contributed by atoms with E-state index in [0.29, 0.717) is 13.0 Å². The molecule has 0 heterocycles. The van der Waals surface area contributed by atoms with E-state index in [9.17, 15) is 0 Å². The number of nitrogens with zero attached hydrogens (tertiary/aromatic N) is 2. The van der Waals surface area contributed by atoms with Crippen molar-refractivity contribution in [3.63, 3.8) is 0 Å². The molecule has 108 valence electrons. The highest BCUT2D eigenvalue weighted by molar-refractivity contribution is 5.46. The van der Waals surface area contributed by atoms with Crippen LogP contribution in [0.1, 0.15) is 12.0 Å². The van der Waals surface area contributed by atoms with Gasteiger partial charge in [-0.2, -0.15) is 5.26 Å². The fraction of sp³-hybridized carbons (Fsp3) is 0.278. The van der Waals surface area contributed by atoms with Gasteiger partial charge < -0.3 is 9.64 Å². The lowest BCUT2D eigenvalue weighted by Gasteiger charge is -2.23. The lowest BCUT2D eigenvalue weighted by Crippen LogP contribution is -2.29. The molecule has 0 aliphatic rings. The Morgan fingerprint density at radius 1 is 1.00 bits per heavy atom. The van der Waals surface area contributed by atoms with Crippen molar-refractivity contribution in [3.05, 3.63) is 60.2 Å². The maximum absolute atomic E-state index is 8.78. The quantitative estimate of drug-likeness (QED) is 0.774. The molecule has 0 aliphatic heterocycles. The number of ether oxygens (including phenoxy) is 1. The van der Waals surface area contributed by atoms with Gasteiger partial charge in [-0.1, -0.05) is 35.9 Å². The van der Waals surface area contributed by atoms with Gasteiger partial charge in [0, 0.05) is 12.2 Å². The average Bonchev–Trinajstić information content (AvgIpc) is 2.53. The minimum Gasteiger partial charge on any atom is -0.492 e. The van der Waals surface area contributed by atoms with Gasteiger partial charge in [0.15, 0.2) is 0 Å². The molecule has 21 heavy (non-hydrogen) atoms. The predicted molar refractivity (Wildman–Crippen MR) is 85.6 cm³/mol. The second kappa shape index (κ2) is 7.96. The number of benzene rings is 2. The summed E-state index contributed by atoms with van der Waals surface area (Å²) in [6.07, 6.45) is 0.513. The largest absolute Gasteiger partial charge is 0.492 e. The summed E-state index contributed by atoms with van der Waals surface area (Å²) >= 11 is 0. The van der Waals surface area contributed by atoms with Crippen LogP contribution in [0, 0.1) is 18.3 Å². The van der Waals surface area contributed by atoms with Crippen LogP contribution in [0.15, 0.2) is 54.6 Å². The zero-order valence-corrected chi connectivity index (χ0v) is 12.3. The van der Waals surface area contributed by atoms with Crippen LogP contribution in [-0.4, -0.2) is 19.7 Å². The van der Waals surface area contributed by atoms with Crippen molar-refractivity contribution in [2.24, 2.45) is 0 Å². The number of anilines is 1. The van der Waals surface area contributed by atoms with Crippen molar-refractivity contribution in [1.29, 1.82) is 5.26 Å². The Kier molecular flexibility index (Phi) is 5.66. The van der Waals surface area contributed by atoms with Crippen LogP contribution in [0.2, 0.25) is 0 Å². The second-order valence-electron chi connectivity index (χ2n) is 4.89. The van der Waals surface area contributed by atoms with E-state index in [-0.39, 0.29) is 0 Å². The topological polar surface area (TPSA) is 36.3 Å². The Labute approximate surface area is 126 Å². The monoisotopic (exact) mass is 280 g/mol. The molecule has 0 radical (unpaired) electrons. The van der Waals surface area contributed by atoms with E-state index in [1.165, 1.54) is 5.56 Å². The van der Waals surface area contributed by atoms with Crippen LogP contribution >= 0.6 is 0 Å². The van der Waals surface area contributed by atoms with Crippen LogP contribution in [0.4, 0.5) is 5.69 Å². The maximum Gasteiger partial charge on any atom is 0.119 e. The Balaban J connectivity index is 1.90. The molecule has 0 N–H and O–H groups in total. The molecule has 0 amide bonds. The van der Waals surface area contributed by atoms with Crippen molar-refractivity contribution in [1.82, 2.24) is 0 Å². The fourth-order valence-electron chi connectivity index (χ4n) is 2.10. The first-order valence-electron chi connectivity index (χ1n) is 7.16. The van der Waals surface area contributed by atoms with Crippen molar-refractivity contribution >= 4 is 5.69 Å². The summed E-state index contributed by atoms with van der Waals surface area (Å²) in [4.78, 5) is 2.18. The van der Waals surface area contributed by atoms with Crippen molar-refractivity contribution in [3.8, 4) is 11.8 Å². The number of hydrogen-bond donors (Lipinski definition) is 0. The van der Waals surface area contributed by atoms with Gasteiger partial charge >= 0.3 is 0 Å². The van der Waals surface area contributed by atoms with Crippen molar-refractivity contribution in [2.75, 3.05) is 24.6 Å². The first-order valence-corrected chi connectivity index (χ1v) is 7.16. The van der Waals surface area contributed by atoms with E-state index in [4.69, 9.17) is 10.00 Å². The van der Waals surface area contributed by atoms with Crippen molar-refractivity contribution in [2.45, 2.75) is 13.3 Å². The lowest BCUT2D eigenvalue weighted by atomic mass is 10.2. The summed E-state index contributed by atoms with van der Waals surface area (Å²) in [7, 11) is 0. The molecular weight excluding hydrogens is 260 g/mol. The molecule has 0 aliphatic carbocycles. The highest BCUT2D eigenvalue weighted by Gasteiger charge is 2.06. The molecule has 0 fully saturated rings. The minimum atomic E-state index is 0.513. The highest BCUT2D eigenvalue weighted by atomic mass is 16.5. The summed E-state index contributed by atoms with van der Waals surface area (Å²) in [6.45, 7) is 4.14. The fourth-order valence-corrected chi connectivity index (χ4v) is 2.10. The number of aryl methyl sites for hydroxylation is 1. The summed E-state index contributed by atoms with van der Waals surface area (Å²) in [5, 5.41) is 8.78. The first-order chi connectivity index (χ1) is 10.3. The number of para-hydroxylation sites is 1. The summed E-state index contributed by atoms with van der Waals surface area (Å²) in [6, 6.07) is 20.4. The van der Waals surface area contributed by atoms with E-state index in [2.05, 4.69) is 30.0 Å². The summed E-state index contributed by atoms with van der Waals surface area (Å²) in [5.74, 6) is 0.883. The van der Waals surface area contributed by atoms with E-state index >= 15 is 0 Å². The molecule has 0 saturated carbocycles. The van der Waals surface area contributed by atoms with E-state index < -0.39 is 0 Å². The van der Waals surface area contributed by atoms with Gasteiger partial charge in [-0.15, -0.1) is 0 Å². The summed E-state index contributed by atoms with van der Waals surface area (Å²) < 4.78 is 5.77. The van der Waals surface area contributed by atoms with Gasteiger partial charge in [-0.3, -0.25) is 0 Å². The average molecular weight is 280 g/mol. The zero-order chi connectivity index (χ0) is 14.9. The van der Waals surface area contributed by atoms with Gasteiger partial charge in [0.1, 0.15) is 12.4 Å². The van der Waals surface area contributed by atoms with Crippen LogP contribution in [0.5, 0.6) is 5.75 Å². The van der Waals surface area contributed by atoms with Crippen LogP contribution in [0.3, 0.4) is 0 Å². The van der Waals surface area contributed by atoms with E-state index in [1.54, 1.807) is 0 Å². The Hall–Kier alpha value is -2.47. The third-order valence-electron chi connectivity index (χ3n) is 3.27. The van der Waals surface area contributed by atoms with Gasteiger partial charge in [0.05, 0.1) is 19.0 Å². The summed E-state index contributed by atoms with van der Waals surface area (Å²) in [5.41, 5.74) is 2.35. The number of hydrogen-bond acceptors (Lipinski definition) is 3. The molecule has 0 aromatic heterocycles. The minimum absolute atomic E-state index is 0.513. The first kappa shape index (κ1) is 14.9. The third-order valence-corrected chi connectivity index (χ3v) is 3.27. The molecule has 3 heteroatoms. The molecule has 0 bridgehead atoms. The molecule has 0 atom stereocenters. The molecule has 0 unspecified atom stereocenters. The van der Waals surface area contributed by atoms with Gasteiger partial charge in [-0.05, 0) is 31.2 Å². The molecule has 0 spiro atoms. The normalized spacial score (nSPS) is 9.90. The zero-order valence-electron chi connectivity index (χ0n) is 12.3. The molecule has 3 nitrogen and oxygen atoms in total. The number of rotatable bonds is 7. The Morgan fingerprint density at radius 3 is 2.38 bits per heavy atom. The molecular formula is C18H20N2O. The van der Waals surface area contributed by atoms with Gasteiger partial charge in [-0.25, -0.2) is 0 Å². The number of nitriles is 1. The van der Waals surface area contributed by atoms with Crippen LogP contribution in [-0.2, 0) is 0 Å². The second-order valence-corrected chi connectivity index (χ2v) is 4.89.